The van der Waals surface area contributed by atoms with E-state index in [-0.39, 0.29) is 4.87 Å². The summed E-state index contributed by atoms with van der Waals surface area (Å²) in [4.78, 5) is 17.4. The predicted octanol–water partition coefficient (Wildman–Crippen LogP) is 1.32. The highest BCUT2D eigenvalue weighted by atomic mass is 32.1. The van der Waals surface area contributed by atoms with Crippen LogP contribution >= 0.6 is 11.3 Å². The van der Waals surface area contributed by atoms with E-state index in [1.165, 1.54) is 0 Å². The molecular formula is C10H8N4OS. The maximum absolute atomic E-state index is 10.9. The zero-order valence-corrected chi connectivity index (χ0v) is 9.04. The lowest BCUT2D eigenvalue weighted by Gasteiger charge is -2.05. The minimum absolute atomic E-state index is 0.0801. The summed E-state index contributed by atoms with van der Waals surface area (Å²) in [6.07, 6.45) is 3.15. The van der Waals surface area contributed by atoms with Crippen molar-refractivity contribution < 1.29 is 0 Å². The molecule has 6 heteroatoms. The smallest absolute Gasteiger partial charge is 0.304 e. The number of anilines is 1. The molecule has 16 heavy (non-hydrogen) atoms. The molecule has 0 fully saturated rings. The van der Waals surface area contributed by atoms with Crippen LogP contribution in [0.5, 0.6) is 0 Å². The van der Waals surface area contributed by atoms with Gasteiger partial charge in [0, 0.05) is 17.3 Å². The third-order valence-electron chi connectivity index (χ3n) is 1.98. The molecule has 0 spiro atoms. The van der Waals surface area contributed by atoms with Crippen molar-refractivity contribution in [2.24, 2.45) is 0 Å². The Bertz CT molecular complexity index is 581. The molecule has 0 aliphatic carbocycles. The highest BCUT2D eigenvalue weighted by molar-refractivity contribution is 7.07. The van der Waals surface area contributed by atoms with Gasteiger partial charge in [-0.15, -0.1) is 0 Å². The summed E-state index contributed by atoms with van der Waals surface area (Å²) in [6.45, 7) is 0.471. The molecule has 2 N–H and O–H groups in total. The van der Waals surface area contributed by atoms with Crippen LogP contribution in [0, 0.1) is 11.3 Å². The predicted molar refractivity (Wildman–Crippen MR) is 61.2 cm³/mol. The number of nitriles is 1. The van der Waals surface area contributed by atoms with E-state index in [9.17, 15) is 4.79 Å². The number of H-pyrrole nitrogens is 1. The SMILES string of the molecule is N#Cc1ccncc1NCc1csc(=O)[nH]1. The maximum atomic E-state index is 10.9. The minimum Gasteiger partial charge on any atom is -0.377 e. The molecule has 80 valence electrons. The Kier molecular flexibility index (Phi) is 2.98. The van der Waals surface area contributed by atoms with Crippen molar-refractivity contribution in [3.05, 3.63) is 44.8 Å². The number of pyridine rings is 1. The molecule has 0 atom stereocenters. The van der Waals surface area contributed by atoms with E-state index in [1.807, 2.05) is 0 Å². The zero-order valence-electron chi connectivity index (χ0n) is 8.23. The molecule has 2 rings (SSSR count). The normalized spacial score (nSPS) is 9.69. The van der Waals surface area contributed by atoms with Crippen LogP contribution < -0.4 is 10.2 Å². The third kappa shape index (κ3) is 2.27. The number of nitrogens with zero attached hydrogens (tertiary/aromatic N) is 2. The lowest BCUT2D eigenvalue weighted by atomic mass is 10.2. The molecule has 0 radical (unpaired) electrons. The van der Waals surface area contributed by atoms with Gasteiger partial charge in [0.15, 0.2) is 0 Å². The van der Waals surface area contributed by atoms with Gasteiger partial charge in [0.25, 0.3) is 0 Å². The van der Waals surface area contributed by atoms with Crippen molar-refractivity contribution >= 4 is 17.0 Å². The number of rotatable bonds is 3. The Hall–Kier alpha value is -2.13. The first-order valence-corrected chi connectivity index (χ1v) is 5.42. The minimum atomic E-state index is -0.0801. The van der Waals surface area contributed by atoms with Gasteiger partial charge in [-0.1, -0.05) is 11.3 Å². The van der Waals surface area contributed by atoms with Crippen molar-refractivity contribution in [2.75, 3.05) is 5.32 Å². The summed E-state index contributed by atoms with van der Waals surface area (Å²) in [7, 11) is 0. The van der Waals surface area contributed by atoms with Gasteiger partial charge >= 0.3 is 4.87 Å². The molecule has 0 saturated heterocycles. The maximum Gasteiger partial charge on any atom is 0.304 e. The zero-order chi connectivity index (χ0) is 11.4. The summed E-state index contributed by atoms with van der Waals surface area (Å²) >= 11 is 1.12. The Morgan fingerprint density at radius 1 is 1.62 bits per heavy atom. The third-order valence-corrected chi connectivity index (χ3v) is 2.70. The Balaban J connectivity index is 2.11. The summed E-state index contributed by atoms with van der Waals surface area (Å²) in [5, 5.41) is 13.6. The topological polar surface area (TPSA) is 81.6 Å². The van der Waals surface area contributed by atoms with Gasteiger partial charge in [-0.2, -0.15) is 5.26 Å². The standard InChI is InChI=1S/C10H8N4OS/c11-3-7-1-2-12-5-9(7)13-4-8-6-16-10(15)14-8/h1-2,5-6,13H,4H2,(H,14,15). The number of aromatic nitrogens is 2. The van der Waals surface area contributed by atoms with Crippen molar-refractivity contribution in [2.45, 2.75) is 6.54 Å². The van der Waals surface area contributed by atoms with Crippen LogP contribution in [0.25, 0.3) is 0 Å². The number of thiazole rings is 1. The number of aromatic amines is 1. The van der Waals surface area contributed by atoms with Crippen molar-refractivity contribution in [1.29, 1.82) is 5.26 Å². The number of nitrogens with one attached hydrogen (secondary N) is 2. The molecule has 2 aromatic rings. The largest absolute Gasteiger partial charge is 0.377 e. The number of hydrogen-bond donors (Lipinski definition) is 2. The van der Waals surface area contributed by atoms with Crippen molar-refractivity contribution in [1.82, 2.24) is 9.97 Å². The summed E-state index contributed by atoms with van der Waals surface area (Å²) in [6, 6.07) is 3.70. The van der Waals surface area contributed by atoms with Crippen LogP contribution in [0.15, 0.2) is 28.6 Å². The second-order valence-corrected chi connectivity index (χ2v) is 3.90. The van der Waals surface area contributed by atoms with Gasteiger partial charge in [-0.3, -0.25) is 9.78 Å². The molecule has 5 nitrogen and oxygen atoms in total. The summed E-state index contributed by atoms with van der Waals surface area (Å²) in [5.74, 6) is 0. The van der Waals surface area contributed by atoms with Crippen LogP contribution in [-0.2, 0) is 6.54 Å². The van der Waals surface area contributed by atoms with E-state index in [0.717, 1.165) is 17.0 Å². The molecule has 0 aromatic carbocycles. The molecular weight excluding hydrogens is 224 g/mol. The molecule has 2 aromatic heterocycles. The lowest BCUT2D eigenvalue weighted by Crippen LogP contribution is -2.04. The molecule has 2 heterocycles. The fourth-order valence-electron chi connectivity index (χ4n) is 1.22. The first-order valence-electron chi connectivity index (χ1n) is 4.54. The highest BCUT2D eigenvalue weighted by Crippen LogP contribution is 2.12. The van der Waals surface area contributed by atoms with E-state index >= 15 is 0 Å². The molecule has 0 aliphatic heterocycles. The van der Waals surface area contributed by atoms with Gasteiger partial charge in [-0.05, 0) is 6.07 Å². The van der Waals surface area contributed by atoms with Gasteiger partial charge < -0.3 is 10.3 Å². The van der Waals surface area contributed by atoms with E-state index in [4.69, 9.17) is 5.26 Å². The van der Waals surface area contributed by atoms with Gasteiger partial charge in [-0.25, -0.2) is 0 Å². The molecule has 0 amide bonds. The quantitative estimate of drug-likeness (QED) is 0.836. The second kappa shape index (κ2) is 4.59. The molecule has 0 saturated carbocycles. The summed E-state index contributed by atoms with van der Waals surface area (Å²) in [5.41, 5.74) is 1.99. The monoisotopic (exact) mass is 232 g/mol. The van der Waals surface area contributed by atoms with E-state index in [0.29, 0.717) is 17.8 Å². The fraction of sp³-hybridized carbons (Fsp3) is 0.100. The Morgan fingerprint density at radius 2 is 2.50 bits per heavy atom. The van der Waals surface area contributed by atoms with E-state index in [1.54, 1.807) is 23.8 Å². The van der Waals surface area contributed by atoms with Crippen LogP contribution in [0.3, 0.4) is 0 Å². The second-order valence-electron chi connectivity index (χ2n) is 3.06. The highest BCUT2D eigenvalue weighted by Gasteiger charge is 2.01. The Morgan fingerprint density at radius 3 is 3.19 bits per heavy atom. The van der Waals surface area contributed by atoms with E-state index < -0.39 is 0 Å². The van der Waals surface area contributed by atoms with Gasteiger partial charge in [0.2, 0.25) is 0 Å². The average Bonchev–Trinajstić information content (AvgIpc) is 2.73. The van der Waals surface area contributed by atoms with Crippen molar-refractivity contribution in [3.63, 3.8) is 0 Å². The van der Waals surface area contributed by atoms with Gasteiger partial charge in [0.1, 0.15) is 6.07 Å². The summed E-state index contributed by atoms with van der Waals surface area (Å²) < 4.78 is 0. The average molecular weight is 232 g/mol. The first kappa shape index (κ1) is 10.4. The fourth-order valence-corrected chi connectivity index (χ4v) is 1.81. The first-order chi connectivity index (χ1) is 7.79. The van der Waals surface area contributed by atoms with Crippen molar-refractivity contribution in [3.8, 4) is 6.07 Å². The molecule has 0 unspecified atom stereocenters. The van der Waals surface area contributed by atoms with Crippen LogP contribution in [0.2, 0.25) is 0 Å². The van der Waals surface area contributed by atoms with Gasteiger partial charge in [0.05, 0.1) is 24.0 Å². The Labute approximate surface area is 95.4 Å². The van der Waals surface area contributed by atoms with Crippen LogP contribution in [0.4, 0.5) is 5.69 Å². The van der Waals surface area contributed by atoms with Crippen LogP contribution in [0.1, 0.15) is 11.3 Å². The lowest BCUT2D eigenvalue weighted by molar-refractivity contribution is 1.05. The molecule has 0 bridgehead atoms. The number of hydrogen-bond acceptors (Lipinski definition) is 5. The van der Waals surface area contributed by atoms with Crippen LogP contribution in [-0.4, -0.2) is 9.97 Å². The van der Waals surface area contributed by atoms with E-state index in [2.05, 4.69) is 21.4 Å². The molecule has 0 aliphatic rings.